The average molecular weight is 906 g/mol. The number of ether oxygens (including phenoxy) is 3. The largest absolute Gasteiger partial charge is 0.466 e. The first-order valence-electron chi connectivity index (χ1n) is 25.9. The Morgan fingerprint density at radius 1 is 0.578 bits per heavy atom. The third kappa shape index (κ3) is 33.1. The molecule has 11 nitrogen and oxygen atoms in total. The number of amides is 1. The molecule has 1 aliphatic rings. The van der Waals surface area contributed by atoms with Crippen LogP contribution in [0.1, 0.15) is 213 Å². The molecule has 6 N–H and O–H groups in total. The second-order valence-electron chi connectivity index (χ2n) is 17.9. The van der Waals surface area contributed by atoms with Gasteiger partial charge in [0.15, 0.2) is 6.29 Å². The number of unbranched alkanes of at least 4 members (excludes halogenated alkanes) is 23. The molecule has 0 aromatic carbocycles. The molecule has 1 amide bonds. The number of aliphatic hydroxyl groups is 5. The Bertz CT molecular complexity index is 1210. The van der Waals surface area contributed by atoms with Gasteiger partial charge in [-0.2, -0.15) is 0 Å². The van der Waals surface area contributed by atoms with Gasteiger partial charge in [0.1, 0.15) is 24.4 Å². The Balaban J connectivity index is 2.23. The summed E-state index contributed by atoms with van der Waals surface area (Å²) in [6.45, 7) is 4.19. The molecule has 0 aliphatic carbocycles. The number of carbonyl (C=O) groups excluding carboxylic acids is 2. The molecule has 0 aromatic rings. The predicted octanol–water partition coefficient (Wildman–Crippen LogP) is 10.5. The zero-order valence-electron chi connectivity index (χ0n) is 40.5. The van der Waals surface area contributed by atoms with E-state index in [9.17, 15) is 35.1 Å². The Hall–Kier alpha value is -2.38. The average Bonchev–Trinajstić information content (AvgIpc) is 3.29. The fourth-order valence-corrected chi connectivity index (χ4v) is 7.73. The van der Waals surface area contributed by atoms with Crippen LogP contribution in [-0.2, 0) is 23.8 Å². The van der Waals surface area contributed by atoms with Crippen LogP contribution in [0.25, 0.3) is 0 Å². The molecule has 1 rings (SSSR count). The Labute approximate surface area is 389 Å². The van der Waals surface area contributed by atoms with E-state index in [0.717, 1.165) is 70.6 Å². The van der Waals surface area contributed by atoms with Gasteiger partial charge in [0.2, 0.25) is 5.91 Å². The number of allylic oxidation sites excluding steroid dienone is 7. The zero-order valence-corrected chi connectivity index (χ0v) is 40.5. The minimum absolute atomic E-state index is 0.0407. The van der Waals surface area contributed by atoms with E-state index in [-0.39, 0.29) is 24.9 Å². The number of nitrogens with one attached hydrogen (secondary N) is 1. The predicted molar refractivity (Wildman–Crippen MR) is 260 cm³/mol. The smallest absolute Gasteiger partial charge is 0.305 e. The molecule has 1 heterocycles. The van der Waals surface area contributed by atoms with Crippen LogP contribution in [0.5, 0.6) is 0 Å². The van der Waals surface area contributed by atoms with Crippen molar-refractivity contribution in [3.05, 3.63) is 48.6 Å². The third-order valence-corrected chi connectivity index (χ3v) is 11.9. The van der Waals surface area contributed by atoms with Crippen molar-refractivity contribution in [1.82, 2.24) is 5.32 Å². The van der Waals surface area contributed by atoms with Crippen molar-refractivity contribution in [2.45, 2.75) is 256 Å². The highest BCUT2D eigenvalue weighted by molar-refractivity contribution is 5.76. The van der Waals surface area contributed by atoms with Crippen LogP contribution in [-0.4, -0.2) is 100 Å². The molecule has 11 heteroatoms. The number of hydrogen-bond donors (Lipinski definition) is 6. The van der Waals surface area contributed by atoms with Crippen LogP contribution >= 0.6 is 0 Å². The second-order valence-corrected chi connectivity index (χ2v) is 17.9. The van der Waals surface area contributed by atoms with E-state index in [1.54, 1.807) is 6.08 Å². The van der Waals surface area contributed by atoms with Crippen molar-refractivity contribution >= 4 is 11.9 Å². The highest BCUT2D eigenvalue weighted by Crippen LogP contribution is 2.22. The molecule has 0 spiro atoms. The van der Waals surface area contributed by atoms with Crippen molar-refractivity contribution < 1.29 is 49.3 Å². The first-order chi connectivity index (χ1) is 31.2. The number of esters is 1. The molecule has 1 fully saturated rings. The van der Waals surface area contributed by atoms with Crippen molar-refractivity contribution in [2.75, 3.05) is 19.8 Å². The summed E-state index contributed by atoms with van der Waals surface area (Å²) in [6.07, 6.45) is 42.1. The quantitative estimate of drug-likeness (QED) is 0.0196. The monoisotopic (exact) mass is 906 g/mol. The van der Waals surface area contributed by atoms with Gasteiger partial charge in [-0.3, -0.25) is 9.59 Å². The zero-order chi connectivity index (χ0) is 46.7. The summed E-state index contributed by atoms with van der Waals surface area (Å²) in [4.78, 5) is 25.0. The highest BCUT2D eigenvalue weighted by Gasteiger charge is 2.44. The minimum atomic E-state index is -1.59. The van der Waals surface area contributed by atoms with Gasteiger partial charge in [-0.15, -0.1) is 0 Å². The Morgan fingerprint density at radius 3 is 1.67 bits per heavy atom. The molecular weight excluding hydrogens is 811 g/mol. The molecule has 0 saturated carbocycles. The van der Waals surface area contributed by atoms with E-state index in [1.807, 2.05) is 18.2 Å². The maximum atomic E-state index is 12.9. The summed E-state index contributed by atoms with van der Waals surface area (Å²) in [5.74, 6) is -0.316. The molecule has 0 radical (unpaired) electrons. The lowest BCUT2D eigenvalue weighted by Crippen LogP contribution is -2.60. The number of carbonyl (C=O) groups is 2. The molecule has 7 atom stereocenters. The molecule has 372 valence electrons. The summed E-state index contributed by atoms with van der Waals surface area (Å²) < 4.78 is 16.6. The van der Waals surface area contributed by atoms with E-state index < -0.39 is 49.5 Å². The van der Waals surface area contributed by atoms with Crippen LogP contribution in [0.4, 0.5) is 0 Å². The van der Waals surface area contributed by atoms with Crippen molar-refractivity contribution in [1.29, 1.82) is 0 Å². The van der Waals surface area contributed by atoms with Crippen LogP contribution in [0.3, 0.4) is 0 Å². The SMILES string of the molecule is CCCCCCC/C=C/CC/C=C/C(O)C(COC1OC(CO)C(O)C(O)C1O)NC(=O)CC/C=C\C/C=C\CCCCCCCCOC(=O)CCCCCCCCCCCCCC. The normalized spacial score (nSPS) is 20.3. The first kappa shape index (κ1) is 59.6. The van der Waals surface area contributed by atoms with E-state index in [4.69, 9.17) is 14.2 Å². The van der Waals surface area contributed by atoms with Crippen LogP contribution in [0, 0.1) is 0 Å². The molecule has 0 aromatic heterocycles. The van der Waals surface area contributed by atoms with Gasteiger partial charge in [0.05, 0.1) is 32.0 Å². The number of aliphatic hydroxyl groups excluding tert-OH is 5. The molecule has 1 aliphatic heterocycles. The lowest BCUT2D eigenvalue weighted by atomic mass is 9.99. The van der Waals surface area contributed by atoms with Gasteiger partial charge >= 0.3 is 5.97 Å². The number of hydrogen-bond acceptors (Lipinski definition) is 10. The molecular formula is C53H95NO10. The standard InChI is InChI=1S/C53H95NO10/c1-3-5-7-9-11-13-15-21-25-29-33-37-41-49(58)62-42-38-34-30-26-22-18-16-17-20-24-28-32-36-40-48(57)54-45(44-63-53-52(61)51(60)50(59)47(43-55)64-53)46(56)39-35-31-27-23-19-14-12-10-8-6-4-2/h17,19-20,23,28,32,35,39,45-47,50-53,55-56,59-61H,3-16,18,21-22,24-27,29-31,33-34,36-38,40-44H2,1-2H3,(H,54,57)/b20-17-,23-19+,32-28-,39-35+. The topological polar surface area (TPSA) is 175 Å². The van der Waals surface area contributed by atoms with Crippen LogP contribution in [0.15, 0.2) is 48.6 Å². The van der Waals surface area contributed by atoms with E-state index in [2.05, 4.69) is 43.5 Å². The molecule has 0 bridgehead atoms. The highest BCUT2D eigenvalue weighted by atomic mass is 16.7. The van der Waals surface area contributed by atoms with Gasteiger partial charge in [0.25, 0.3) is 0 Å². The van der Waals surface area contributed by atoms with Gasteiger partial charge in [-0.25, -0.2) is 0 Å². The minimum Gasteiger partial charge on any atom is -0.466 e. The van der Waals surface area contributed by atoms with Crippen molar-refractivity contribution in [3.63, 3.8) is 0 Å². The van der Waals surface area contributed by atoms with Gasteiger partial charge in [0, 0.05) is 12.8 Å². The lowest BCUT2D eigenvalue weighted by molar-refractivity contribution is -0.302. The second kappa shape index (κ2) is 43.2. The fourth-order valence-electron chi connectivity index (χ4n) is 7.73. The maximum absolute atomic E-state index is 12.9. The van der Waals surface area contributed by atoms with Crippen molar-refractivity contribution in [2.24, 2.45) is 0 Å². The molecule has 1 saturated heterocycles. The van der Waals surface area contributed by atoms with Gasteiger partial charge in [-0.1, -0.05) is 184 Å². The summed E-state index contributed by atoms with van der Waals surface area (Å²) in [5, 5.41) is 54.0. The van der Waals surface area contributed by atoms with Gasteiger partial charge in [-0.05, 0) is 64.2 Å². The van der Waals surface area contributed by atoms with Gasteiger partial charge < -0.3 is 45.1 Å². The van der Waals surface area contributed by atoms with Crippen LogP contribution in [0.2, 0.25) is 0 Å². The third-order valence-electron chi connectivity index (χ3n) is 11.9. The van der Waals surface area contributed by atoms with Crippen LogP contribution < -0.4 is 5.32 Å². The van der Waals surface area contributed by atoms with E-state index in [0.29, 0.717) is 19.4 Å². The summed E-state index contributed by atoms with van der Waals surface area (Å²) >= 11 is 0. The van der Waals surface area contributed by atoms with E-state index >= 15 is 0 Å². The number of rotatable bonds is 43. The summed E-state index contributed by atoms with van der Waals surface area (Å²) in [6, 6.07) is -0.870. The lowest BCUT2D eigenvalue weighted by Gasteiger charge is -2.40. The maximum Gasteiger partial charge on any atom is 0.305 e. The first-order valence-corrected chi connectivity index (χ1v) is 25.9. The Morgan fingerprint density at radius 2 is 1.08 bits per heavy atom. The summed E-state index contributed by atoms with van der Waals surface area (Å²) in [7, 11) is 0. The fraction of sp³-hybridized carbons (Fsp3) is 0.811. The molecule has 64 heavy (non-hydrogen) atoms. The Kier molecular flexibility index (Phi) is 40.3. The summed E-state index contributed by atoms with van der Waals surface area (Å²) in [5.41, 5.74) is 0. The molecule has 7 unspecified atom stereocenters. The van der Waals surface area contributed by atoms with Crippen molar-refractivity contribution in [3.8, 4) is 0 Å². The van der Waals surface area contributed by atoms with E-state index in [1.165, 1.54) is 109 Å².